The zero-order valence-corrected chi connectivity index (χ0v) is 25.2. The first kappa shape index (κ1) is 30.3. The number of carbonyl (C=O) groups excluding carboxylic acids is 3. The van der Waals surface area contributed by atoms with E-state index in [0.29, 0.717) is 19.4 Å². The van der Waals surface area contributed by atoms with Gasteiger partial charge in [-0.15, -0.1) is 30.0 Å². The van der Waals surface area contributed by atoms with Crippen LogP contribution in [-0.2, 0) is 25.8 Å². The van der Waals surface area contributed by atoms with Crippen molar-refractivity contribution in [3.05, 3.63) is 49.6 Å². The normalized spacial score (nSPS) is 28.6. The van der Waals surface area contributed by atoms with Crippen molar-refractivity contribution < 1.29 is 24.2 Å². The molecule has 3 unspecified atom stereocenters. The molecule has 1 spiro atoms. The Kier molecular flexibility index (Phi) is 9.08. The molecule has 3 saturated heterocycles. The van der Waals surface area contributed by atoms with E-state index in [1.807, 2.05) is 37.3 Å². The van der Waals surface area contributed by atoms with Crippen LogP contribution in [0.2, 0.25) is 0 Å². The van der Waals surface area contributed by atoms with Crippen LogP contribution in [0.4, 0.5) is 0 Å². The molecule has 5 rings (SSSR count). The Bertz CT molecular complexity index is 1340. The van der Waals surface area contributed by atoms with Gasteiger partial charge in [-0.2, -0.15) is 0 Å². The Balaban J connectivity index is 1.49. The Labute approximate surface area is 251 Å². The molecule has 0 radical (unpaired) electrons. The molecular weight excluding hydrogens is 554 g/mol. The van der Waals surface area contributed by atoms with Gasteiger partial charge in [-0.1, -0.05) is 43.3 Å². The fourth-order valence-corrected chi connectivity index (χ4v) is 9.59. The fraction of sp³-hybridized carbons (Fsp3) is 0.581. The fourth-order valence-electron chi connectivity index (χ4n) is 7.20. The third-order valence-electron chi connectivity index (χ3n) is 9.20. The Hall–Kier alpha value is -3.18. The van der Waals surface area contributed by atoms with Gasteiger partial charge in [-0.25, -0.2) is 4.68 Å². The number of allylic oxidation sites excluding steroid dienone is 1. The van der Waals surface area contributed by atoms with Gasteiger partial charge in [-0.05, 0) is 50.2 Å². The van der Waals surface area contributed by atoms with Gasteiger partial charge < -0.3 is 19.6 Å². The lowest BCUT2D eigenvalue weighted by Crippen LogP contribution is -2.59. The number of aliphatic hydroxyl groups excluding tert-OH is 1. The first-order chi connectivity index (χ1) is 20.3. The summed E-state index contributed by atoms with van der Waals surface area (Å²) < 4.78 is 6.59. The number of thioether (sulfide) groups is 1. The monoisotopic (exact) mass is 595 g/mol. The molecule has 4 heterocycles. The number of ether oxygens (including phenoxy) is 1. The number of esters is 1. The van der Waals surface area contributed by atoms with E-state index < -0.39 is 28.7 Å². The lowest BCUT2D eigenvalue weighted by Gasteiger charge is -2.41. The Morgan fingerprint density at radius 1 is 1.29 bits per heavy atom. The lowest BCUT2D eigenvalue weighted by atomic mass is 9.66. The predicted molar refractivity (Wildman–Crippen MR) is 161 cm³/mol. The van der Waals surface area contributed by atoms with Gasteiger partial charge in [0.25, 0.3) is 0 Å². The van der Waals surface area contributed by atoms with E-state index in [1.165, 1.54) is 0 Å². The molecule has 7 atom stereocenters. The first-order valence-electron chi connectivity index (χ1n) is 14.9. The number of benzene rings is 1. The molecule has 1 aromatic carbocycles. The van der Waals surface area contributed by atoms with Crippen molar-refractivity contribution in [2.75, 3.05) is 19.8 Å². The van der Waals surface area contributed by atoms with E-state index >= 15 is 0 Å². The van der Waals surface area contributed by atoms with Crippen molar-refractivity contribution in [3.63, 3.8) is 0 Å². The van der Waals surface area contributed by atoms with Crippen LogP contribution in [0.15, 0.2) is 49.6 Å². The number of unbranched alkanes of at least 4 members (excludes halogenated alkanes) is 2. The lowest BCUT2D eigenvalue weighted by molar-refractivity contribution is -0.155. The number of carbonyl (C=O) groups is 3. The quantitative estimate of drug-likeness (QED) is 0.201. The number of amides is 2. The Morgan fingerprint density at radius 2 is 2.07 bits per heavy atom. The van der Waals surface area contributed by atoms with Crippen molar-refractivity contribution >= 4 is 40.6 Å². The molecule has 0 aliphatic carbocycles. The number of aliphatic hydroxyl groups is 1. The number of aromatic nitrogens is 3. The van der Waals surface area contributed by atoms with E-state index in [4.69, 9.17) is 4.74 Å². The largest absolute Gasteiger partial charge is 0.465 e. The molecular formula is C31H41N5O5S. The number of nitrogens with zero attached hydrogens (tertiary/aromatic N) is 5. The van der Waals surface area contributed by atoms with E-state index in [-0.39, 0.29) is 48.8 Å². The summed E-state index contributed by atoms with van der Waals surface area (Å²) >= 11 is 1.60. The first-order valence-corrected chi connectivity index (χ1v) is 15.8. The van der Waals surface area contributed by atoms with Gasteiger partial charge >= 0.3 is 5.97 Å². The molecule has 3 fully saturated rings. The topological polar surface area (TPSA) is 118 Å². The Morgan fingerprint density at radius 3 is 2.79 bits per heavy atom. The molecule has 3 aliphatic rings. The number of fused-ring (bicyclic) bond motifs is 2. The van der Waals surface area contributed by atoms with Crippen molar-refractivity contribution in [2.45, 2.75) is 74.7 Å². The second-order valence-electron chi connectivity index (χ2n) is 11.6. The van der Waals surface area contributed by atoms with Crippen LogP contribution in [0.5, 0.6) is 0 Å². The van der Waals surface area contributed by atoms with Gasteiger partial charge in [0.15, 0.2) is 0 Å². The summed E-state index contributed by atoms with van der Waals surface area (Å²) in [4.78, 5) is 45.8. The summed E-state index contributed by atoms with van der Waals surface area (Å²) in [6.07, 6.45) is 7.15. The number of likely N-dealkylation sites (tertiary alicyclic amines) is 1. The highest BCUT2D eigenvalue weighted by atomic mass is 32.2. The second kappa shape index (κ2) is 12.6. The van der Waals surface area contributed by atoms with Crippen LogP contribution < -0.4 is 0 Å². The van der Waals surface area contributed by atoms with Crippen molar-refractivity contribution in [1.29, 1.82) is 0 Å². The molecule has 2 aromatic rings. The predicted octanol–water partition coefficient (Wildman–Crippen LogP) is 3.41. The van der Waals surface area contributed by atoms with E-state index in [9.17, 15) is 19.5 Å². The molecule has 3 aliphatic heterocycles. The summed E-state index contributed by atoms with van der Waals surface area (Å²) in [6.45, 7) is 12.0. The molecule has 2 amide bonds. The molecule has 2 bridgehead atoms. The minimum atomic E-state index is -0.850. The van der Waals surface area contributed by atoms with Crippen LogP contribution >= 0.6 is 11.8 Å². The number of hydrogen-bond acceptors (Lipinski definition) is 8. The maximum atomic E-state index is 14.7. The third-order valence-corrected chi connectivity index (χ3v) is 11.3. The van der Waals surface area contributed by atoms with Gasteiger partial charge in [0.2, 0.25) is 11.8 Å². The van der Waals surface area contributed by atoms with E-state index in [2.05, 4.69) is 30.4 Å². The van der Waals surface area contributed by atoms with Crippen LogP contribution in [0.3, 0.4) is 0 Å². The zero-order chi connectivity index (χ0) is 30.0. The van der Waals surface area contributed by atoms with Crippen LogP contribution in [0, 0.1) is 17.8 Å². The average molecular weight is 596 g/mol. The minimum Gasteiger partial charge on any atom is -0.465 e. The average Bonchev–Trinajstić information content (AvgIpc) is 3.71. The molecule has 0 saturated carbocycles. The number of hydrogen-bond donors (Lipinski definition) is 1. The summed E-state index contributed by atoms with van der Waals surface area (Å²) in [5, 5.41) is 18.8. The van der Waals surface area contributed by atoms with Crippen molar-refractivity contribution in [3.8, 4) is 0 Å². The summed E-state index contributed by atoms with van der Waals surface area (Å²) in [5.41, 5.74) is 1.51. The maximum absolute atomic E-state index is 14.7. The SMILES string of the molecule is C=CCCCCOC(=O)[C@@H]1[C@@H]2CC(C)C3(S2)C(C(=O)N(CC=C)Cn2nnc4ccccc42)N([C@@H](CC)CO)C(=O)[C@H]13. The van der Waals surface area contributed by atoms with Gasteiger partial charge in [0.05, 0.1) is 41.4 Å². The molecule has 42 heavy (non-hydrogen) atoms. The molecule has 11 heteroatoms. The second-order valence-corrected chi connectivity index (χ2v) is 13.1. The summed E-state index contributed by atoms with van der Waals surface area (Å²) in [7, 11) is 0. The molecule has 1 aromatic heterocycles. The smallest absolute Gasteiger partial charge is 0.310 e. The van der Waals surface area contributed by atoms with E-state index in [0.717, 1.165) is 30.3 Å². The van der Waals surface area contributed by atoms with Gasteiger partial charge in [0.1, 0.15) is 18.2 Å². The number of rotatable bonds is 14. The molecule has 10 nitrogen and oxygen atoms in total. The zero-order valence-electron chi connectivity index (χ0n) is 24.4. The van der Waals surface area contributed by atoms with Gasteiger partial charge in [0, 0.05) is 11.8 Å². The highest BCUT2D eigenvalue weighted by molar-refractivity contribution is 8.02. The van der Waals surface area contributed by atoms with Crippen LogP contribution in [-0.4, -0.2) is 89.5 Å². The van der Waals surface area contributed by atoms with Gasteiger partial charge in [-0.3, -0.25) is 14.4 Å². The molecule has 1 N–H and O–H groups in total. The van der Waals surface area contributed by atoms with Crippen LogP contribution in [0.1, 0.15) is 46.0 Å². The van der Waals surface area contributed by atoms with Crippen molar-refractivity contribution in [2.24, 2.45) is 17.8 Å². The minimum absolute atomic E-state index is 0.00558. The third kappa shape index (κ3) is 4.94. The highest BCUT2D eigenvalue weighted by Gasteiger charge is 2.77. The summed E-state index contributed by atoms with van der Waals surface area (Å²) in [5.74, 6) is -2.15. The van der Waals surface area contributed by atoms with Crippen LogP contribution in [0.25, 0.3) is 11.0 Å². The molecule has 226 valence electrons. The standard InChI is InChI=1S/C31H41N5O5S/c1-5-8-9-12-16-41-30(40)25-24-17-20(4)31(42-24)26(25)28(38)36(21(7-3)18-37)27(31)29(39)34(15-6-2)19-35-23-14-11-10-13-22(23)32-33-35/h5-6,10-11,13-14,20-21,24-27,37H,1-2,7-9,12,15-19H2,3-4H3/t20?,21-,24-,25+,26-,27?,31?/m0/s1. The summed E-state index contributed by atoms with van der Waals surface area (Å²) in [6, 6.07) is 6.14. The highest BCUT2D eigenvalue weighted by Crippen LogP contribution is 2.69. The van der Waals surface area contributed by atoms with E-state index in [1.54, 1.807) is 32.3 Å². The number of para-hydroxylation sites is 1. The van der Waals surface area contributed by atoms with Crippen molar-refractivity contribution in [1.82, 2.24) is 24.8 Å². The maximum Gasteiger partial charge on any atom is 0.310 e.